The monoisotopic (exact) mass is 735 g/mol. The average molecular weight is 736 g/mol. The Labute approximate surface area is 316 Å². The smallest absolute Gasteiger partial charge is 0.161 e. The third-order valence-corrected chi connectivity index (χ3v) is 14.6. The van der Waals surface area contributed by atoms with Crippen molar-refractivity contribution >= 4 is 105 Å². The molecule has 5 aromatic carbocycles. The Morgan fingerprint density at radius 3 is 1.89 bits per heavy atom. The first-order valence-electron chi connectivity index (χ1n) is 17.9. The Hall–Kier alpha value is -5.73. The Kier molecular flexibility index (Phi) is 6.40. The first-order valence-corrected chi connectivity index (χ1v) is 20.4. The Bertz CT molecular complexity index is 3240. The van der Waals surface area contributed by atoms with Crippen molar-refractivity contribution in [1.29, 1.82) is 0 Å². The Morgan fingerprint density at radius 1 is 0.491 bits per heavy atom. The second-order valence-electron chi connectivity index (χ2n) is 13.6. The molecule has 7 heteroatoms. The maximum atomic E-state index is 6.43. The summed E-state index contributed by atoms with van der Waals surface area (Å²) < 4.78 is 13.8. The molecule has 1 unspecified atom stereocenters. The van der Waals surface area contributed by atoms with Crippen LogP contribution in [-0.4, -0.2) is 13.7 Å². The van der Waals surface area contributed by atoms with Crippen LogP contribution in [0.2, 0.25) is 0 Å². The lowest BCUT2D eigenvalue weighted by Crippen LogP contribution is -1.92. The summed E-state index contributed by atoms with van der Waals surface area (Å²) in [5.74, 6) is 0. The van der Waals surface area contributed by atoms with Crippen molar-refractivity contribution in [2.24, 2.45) is 0 Å². The Morgan fingerprint density at radius 2 is 1.09 bits per heavy atom. The molecule has 0 saturated heterocycles. The van der Waals surface area contributed by atoms with E-state index >= 15 is 0 Å². The highest BCUT2D eigenvalue weighted by Crippen LogP contribution is 2.52. The van der Waals surface area contributed by atoms with Crippen LogP contribution in [0.25, 0.3) is 91.3 Å². The molecule has 4 nitrogen and oxygen atoms in total. The molecule has 6 aromatic heterocycles. The zero-order valence-electron chi connectivity index (χ0n) is 28.3. The molecule has 0 fully saturated rings. The maximum absolute atomic E-state index is 6.43. The van der Waals surface area contributed by atoms with Gasteiger partial charge in [-0.3, -0.25) is 4.57 Å². The maximum Gasteiger partial charge on any atom is 0.161 e. The molecule has 0 aliphatic carbocycles. The number of thioether (sulfide) groups is 1. The zero-order valence-corrected chi connectivity index (χ0v) is 30.7. The van der Waals surface area contributed by atoms with E-state index in [1.54, 1.807) is 0 Å². The summed E-state index contributed by atoms with van der Waals surface area (Å²) in [6.45, 7) is 0. The number of nitrogens with zero attached hydrogens (tertiary/aromatic N) is 3. The van der Waals surface area contributed by atoms with E-state index in [4.69, 9.17) is 4.42 Å². The van der Waals surface area contributed by atoms with Gasteiger partial charge in [0.1, 0.15) is 16.1 Å². The van der Waals surface area contributed by atoms with E-state index in [1.165, 1.54) is 68.7 Å². The van der Waals surface area contributed by atoms with Crippen LogP contribution in [0.1, 0.15) is 16.5 Å². The molecule has 7 heterocycles. The number of hydrogen-bond acceptors (Lipinski definition) is 4. The first-order chi connectivity index (χ1) is 26.3. The van der Waals surface area contributed by atoms with E-state index in [0.717, 1.165) is 33.9 Å². The summed E-state index contributed by atoms with van der Waals surface area (Å²) in [5.41, 5.74) is 10.4. The van der Waals surface area contributed by atoms with E-state index in [1.807, 2.05) is 40.5 Å². The van der Waals surface area contributed by atoms with Crippen LogP contribution in [0.3, 0.4) is 0 Å². The summed E-state index contributed by atoms with van der Waals surface area (Å²) in [6, 6.07) is 54.7. The number of rotatable bonds is 5. The van der Waals surface area contributed by atoms with Crippen molar-refractivity contribution in [3.63, 3.8) is 0 Å². The summed E-state index contributed by atoms with van der Waals surface area (Å²) in [5, 5.41) is 7.71. The molecule has 12 rings (SSSR count). The van der Waals surface area contributed by atoms with Crippen molar-refractivity contribution in [3.05, 3.63) is 163 Å². The van der Waals surface area contributed by atoms with Crippen LogP contribution < -0.4 is 0 Å². The summed E-state index contributed by atoms with van der Waals surface area (Å²) in [6.07, 6.45) is 3.41. The Balaban J connectivity index is 0.922. The second-order valence-corrected chi connectivity index (χ2v) is 17.0. The highest BCUT2D eigenvalue weighted by molar-refractivity contribution is 8.08. The molecule has 1 aliphatic rings. The molecule has 0 spiro atoms. The molecule has 1 atom stereocenters. The van der Waals surface area contributed by atoms with Gasteiger partial charge in [-0.2, -0.15) is 0 Å². The fraction of sp³-hybridized carbons (Fsp3) is 0.0435. The van der Waals surface area contributed by atoms with Crippen LogP contribution in [0.4, 0.5) is 0 Å². The zero-order chi connectivity index (χ0) is 34.6. The molecule has 1 aliphatic heterocycles. The van der Waals surface area contributed by atoms with Crippen molar-refractivity contribution in [3.8, 4) is 20.4 Å². The van der Waals surface area contributed by atoms with Gasteiger partial charge in [-0.15, -0.1) is 22.7 Å². The highest BCUT2D eigenvalue weighted by Gasteiger charge is 2.28. The van der Waals surface area contributed by atoms with E-state index in [0.29, 0.717) is 5.25 Å². The highest BCUT2D eigenvalue weighted by atomic mass is 32.2. The minimum absolute atomic E-state index is 0.370. The number of hydrogen-bond donors (Lipinski definition) is 0. The van der Waals surface area contributed by atoms with Crippen LogP contribution in [-0.2, 0) is 0 Å². The number of allylic oxidation sites excluding steroid dienone is 1. The SMILES string of the molecule is C1=C(n2c3ccccc3c3oc4ccccc4c32)SC(c2ccc(-c3ccc(-n4c5ccccc5c5c4c4ccccc4n5-c4ccccc4)s3)s2)C1. The van der Waals surface area contributed by atoms with Gasteiger partial charge in [0, 0.05) is 47.1 Å². The van der Waals surface area contributed by atoms with Crippen LogP contribution >= 0.6 is 34.4 Å². The van der Waals surface area contributed by atoms with Crippen molar-refractivity contribution < 1.29 is 4.42 Å². The molecular weight excluding hydrogens is 707 g/mol. The van der Waals surface area contributed by atoms with Gasteiger partial charge in [0.25, 0.3) is 0 Å². The van der Waals surface area contributed by atoms with Gasteiger partial charge in [0.15, 0.2) is 5.58 Å². The number of fused-ring (bicyclic) bond motifs is 10. The normalized spacial score (nSPS) is 14.9. The number of furan rings is 1. The summed E-state index contributed by atoms with van der Waals surface area (Å²) in [7, 11) is 0. The fourth-order valence-electron chi connectivity index (χ4n) is 8.41. The van der Waals surface area contributed by atoms with Crippen molar-refractivity contribution in [2.75, 3.05) is 0 Å². The van der Waals surface area contributed by atoms with Gasteiger partial charge in [-0.1, -0.05) is 96.7 Å². The molecule has 0 radical (unpaired) electrons. The first kappa shape index (κ1) is 29.8. The van der Waals surface area contributed by atoms with Gasteiger partial charge in [0.05, 0.1) is 32.6 Å². The largest absolute Gasteiger partial charge is 0.454 e. The van der Waals surface area contributed by atoms with E-state index in [9.17, 15) is 0 Å². The van der Waals surface area contributed by atoms with Gasteiger partial charge < -0.3 is 13.6 Å². The lowest BCUT2D eigenvalue weighted by atomic mass is 10.2. The molecular formula is C46H29N3OS3. The van der Waals surface area contributed by atoms with Gasteiger partial charge in [0.2, 0.25) is 0 Å². The molecule has 252 valence electrons. The van der Waals surface area contributed by atoms with Crippen LogP contribution in [0.5, 0.6) is 0 Å². The predicted molar refractivity (Wildman–Crippen MR) is 227 cm³/mol. The lowest BCUT2D eigenvalue weighted by Gasteiger charge is -2.11. The van der Waals surface area contributed by atoms with Crippen LogP contribution in [0.15, 0.2) is 162 Å². The van der Waals surface area contributed by atoms with Gasteiger partial charge in [-0.05, 0) is 79.2 Å². The molecule has 11 aromatic rings. The van der Waals surface area contributed by atoms with Gasteiger partial charge >= 0.3 is 0 Å². The second kappa shape index (κ2) is 11.4. The minimum atomic E-state index is 0.370. The average Bonchev–Trinajstić information content (AvgIpc) is 4.07. The number of benzene rings is 5. The number of para-hydroxylation sites is 5. The van der Waals surface area contributed by atoms with E-state index < -0.39 is 0 Å². The molecule has 0 bridgehead atoms. The quantitative estimate of drug-likeness (QED) is 0.176. The molecule has 53 heavy (non-hydrogen) atoms. The molecule has 0 N–H and O–H groups in total. The minimum Gasteiger partial charge on any atom is -0.454 e. The lowest BCUT2D eigenvalue weighted by molar-refractivity contribution is 0.673. The number of thiophene rings is 2. The third kappa shape index (κ3) is 4.30. The summed E-state index contributed by atoms with van der Waals surface area (Å²) in [4.78, 5) is 4.03. The van der Waals surface area contributed by atoms with Crippen molar-refractivity contribution in [2.45, 2.75) is 11.7 Å². The van der Waals surface area contributed by atoms with Gasteiger partial charge in [-0.25, -0.2) is 0 Å². The van der Waals surface area contributed by atoms with E-state index in [2.05, 4.69) is 165 Å². The molecule has 0 saturated carbocycles. The van der Waals surface area contributed by atoms with Crippen LogP contribution in [0, 0.1) is 0 Å². The third-order valence-electron chi connectivity index (χ3n) is 10.7. The fourth-order valence-corrected chi connectivity index (χ4v) is 12.0. The number of aromatic nitrogens is 3. The van der Waals surface area contributed by atoms with E-state index in [-0.39, 0.29) is 0 Å². The van der Waals surface area contributed by atoms with Crippen molar-refractivity contribution in [1.82, 2.24) is 13.7 Å². The predicted octanol–water partition coefficient (Wildman–Crippen LogP) is 14.0. The topological polar surface area (TPSA) is 27.9 Å². The molecule has 0 amide bonds. The standard InChI is InChI=1S/C46H29N3OS3/c1-2-12-28(13-3-1)47-33-18-8-4-14-29(33)44-43(47)30-15-5-9-19-34(30)48(44)41-26-24-39(52-41)37-22-23-38(51-37)40-25-27-42(53-40)49-35-20-10-6-16-31(35)46-45(49)32-17-7-11-21-36(32)50-46/h1-24,26-27,40H,25H2. The summed E-state index contributed by atoms with van der Waals surface area (Å²) >= 11 is 5.78.